The number of rotatable bonds is 7. The second-order valence-electron chi connectivity index (χ2n) is 8.56. The molecule has 1 aliphatic heterocycles. The lowest BCUT2D eigenvalue weighted by Gasteiger charge is -2.21. The molecule has 0 spiro atoms. The standard InChI is InChI=1S/C25H23F6N5O2/c26-24(27,28)17-9-6-15(7-10-17)4-1-2-13-37-20-11-8-16(14-18(20)25(29,30)31)21-34-22(38-35-21)19-5-3-12-36(19)23(32)33/h1,4,6-11,14,19H,2-3,5,12-13H2,(H3,32,33)/b4-1+/t19-/m0/s1. The van der Waals surface area contributed by atoms with E-state index in [1.807, 2.05) is 0 Å². The van der Waals surface area contributed by atoms with Gasteiger partial charge in [0.25, 0.3) is 0 Å². The van der Waals surface area contributed by atoms with E-state index in [4.69, 9.17) is 20.4 Å². The van der Waals surface area contributed by atoms with Crippen molar-refractivity contribution in [3.8, 4) is 17.1 Å². The summed E-state index contributed by atoms with van der Waals surface area (Å²) in [5.41, 5.74) is 4.39. The Kier molecular flexibility index (Phi) is 7.65. The molecule has 202 valence electrons. The van der Waals surface area contributed by atoms with Crippen molar-refractivity contribution in [1.29, 1.82) is 5.41 Å². The van der Waals surface area contributed by atoms with Gasteiger partial charge in [0, 0.05) is 12.1 Å². The Bertz CT molecular complexity index is 1300. The van der Waals surface area contributed by atoms with Gasteiger partial charge in [-0.15, -0.1) is 0 Å². The second-order valence-corrected chi connectivity index (χ2v) is 8.56. The molecule has 0 saturated carbocycles. The lowest BCUT2D eigenvalue weighted by atomic mass is 10.1. The minimum atomic E-state index is -4.72. The van der Waals surface area contributed by atoms with E-state index >= 15 is 0 Å². The third kappa shape index (κ3) is 6.26. The minimum Gasteiger partial charge on any atom is -0.493 e. The third-order valence-electron chi connectivity index (χ3n) is 5.92. The molecule has 2 aromatic carbocycles. The van der Waals surface area contributed by atoms with Gasteiger partial charge in [0.05, 0.1) is 17.7 Å². The first-order valence-corrected chi connectivity index (χ1v) is 11.6. The number of alkyl halides is 6. The fourth-order valence-electron chi connectivity index (χ4n) is 4.06. The molecule has 0 unspecified atom stereocenters. The molecule has 0 amide bonds. The maximum atomic E-state index is 13.8. The predicted octanol–water partition coefficient (Wildman–Crippen LogP) is 6.29. The highest BCUT2D eigenvalue weighted by molar-refractivity contribution is 5.75. The Morgan fingerprint density at radius 1 is 1.11 bits per heavy atom. The summed E-state index contributed by atoms with van der Waals surface area (Å²) < 4.78 is 89.8. The van der Waals surface area contributed by atoms with Crippen LogP contribution in [0, 0.1) is 5.41 Å². The quantitative estimate of drug-likeness (QED) is 0.159. The van der Waals surface area contributed by atoms with Crippen molar-refractivity contribution < 1.29 is 35.6 Å². The Hall–Kier alpha value is -4.03. The molecule has 0 bridgehead atoms. The molecule has 1 aromatic heterocycles. The number of halogens is 6. The van der Waals surface area contributed by atoms with Gasteiger partial charge in [-0.2, -0.15) is 31.3 Å². The van der Waals surface area contributed by atoms with Crippen molar-refractivity contribution in [2.75, 3.05) is 13.2 Å². The number of ether oxygens (including phenoxy) is 1. The van der Waals surface area contributed by atoms with Gasteiger partial charge in [0.2, 0.25) is 11.7 Å². The molecule has 1 saturated heterocycles. The van der Waals surface area contributed by atoms with Crippen LogP contribution in [0.15, 0.2) is 53.1 Å². The number of nitrogens with two attached hydrogens (primary N) is 1. The zero-order valence-electron chi connectivity index (χ0n) is 19.8. The molecule has 4 rings (SSSR count). The van der Waals surface area contributed by atoms with Crippen LogP contribution in [0.2, 0.25) is 0 Å². The minimum absolute atomic E-state index is 0.0353. The molecule has 1 fully saturated rings. The summed E-state index contributed by atoms with van der Waals surface area (Å²) >= 11 is 0. The van der Waals surface area contributed by atoms with E-state index in [0.29, 0.717) is 18.5 Å². The van der Waals surface area contributed by atoms with Gasteiger partial charge in [0.1, 0.15) is 11.8 Å². The van der Waals surface area contributed by atoms with Crippen molar-refractivity contribution in [2.24, 2.45) is 5.73 Å². The van der Waals surface area contributed by atoms with E-state index in [2.05, 4.69) is 10.1 Å². The van der Waals surface area contributed by atoms with Crippen LogP contribution in [0.4, 0.5) is 26.3 Å². The molecular formula is C25H23F6N5O2. The zero-order valence-corrected chi connectivity index (χ0v) is 19.8. The van der Waals surface area contributed by atoms with E-state index < -0.39 is 29.5 Å². The lowest BCUT2D eigenvalue weighted by molar-refractivity contribution is -0.139. The highest BCUT2D eigenvalue weighted by atomic mass is 19.4. The normalized spacial score (nSPS) is 16.4. The first kappa shape index (κ1) is 27.0. The summed E-state index contributed by atoms with van der Waals surface area (Å²) in [6, 6.07) is 7.52. The third-order valence-corrected chi connectivity index (χ3v) is 5.92. The largest absolute Gasteiger partial charge is 0.493 e. The number of hydrogen-bond acceptors (Lipinski definition) is 5. The van der Waals surface area contributed by atoms with Gasteiger partial charge in [-0.25, -0.2) is 0 Å². The van der Waals surface area contributed by atoms with Crippen LogP contribution in [0.3, 0.4) is 0 Å². The summed E-state index contributed by atoms with van der Waals surface area (Å²) in [4.78, 5) is 5.82. The van der Waals surface area contributed by atoms with Crippen LogP contribution in [-0.4, -0.2) is 34.2 Å². The van der Waals surface area contributed by atoms with Crippen LogP contribution < -0.4 is 10.5 Å². The predicted molar refractivity (Wildman–Crippen MR) is 126 cm³/mol. The second kappa shape index (κ2) is 10.8. The van der Waals surface area contributed by atoms with Crippen molar-refractivity contribution in [3.05, 3.63) is 71.1 Å². The maximum absolute atomic E-state index is 13.8. The van der Waals surface area contributed by atoms with E-state index in [1.165, 1.54) is 24.3 Å². The van der Waals surface area contributed by atoms with Crippen molar-refractivity contribution in [1.82, 2.24) is 15.0 Å². The summed E-state index contributed by atoms with van der Waals surface area (Å²) in [7, 11) is 0. The number of aromatic nitrogens is 2. The highest BCUT2D eigenvalue weighted by Crippen LogP contribution is 2.39. The van der Waals surface area contributed by atoms with E-state index in [1.54, 1.807) is 17.1 Å². The lowest BCUT2D eigenvalue weighted by Crippen LogP contribution is -2.35. The summed E-state index contributed by atoms with van der Waals surface area (Å²) in [6.45, 7) is 0.454. The molecule has 1 atom stereocenters. The molecule has 7 nitrogen and oxygen atoms in total. The first-order valence-electron chi connectivity index (χ1n) is 11.6. The van der Waals surface area contributed by atoms with Crippen LogP contribution in [0.25, 0.3) is 17.5 Å². The Morgan fingerprint density at radius 2 is 1.84 bits per heavy atom. The highest BCUT2D eigenvalue weighted by Gasteiger charge is 2.36. The molecule has 13 heteroatoms. The van der Waals surface area contributed by atoms with Crippen molar-refractivity contribution >= 4 is 12.0 Å². The average Bonchev–Trinajstić information content (AvgIpc) is 3.53. The molecule has 0 radical (unpaired) electrons. The van der Waals surface area contributed by atoms with Crippen LogP contribution in [-0.2, 0) is 12.4 Å². The number of likely N-dealkylation sites (tertiary alicyclic amines) is 1. The topological polar surface area (TPSA) is 101 Å². The van der Waals surface area contributed by atoms with Crippen LogP contribution in [0.5, 0.6) is 5.75 Å². The molecule has 0 aliphatic carbocycles. The van der Waals surface area contributed by atoms with Gasteiger partial charge in [-0.1, -0.05) is 29.4 Å². The number of nitrogens with one attached hydrogen (secondary N) is 1. The SMILES string of the molecule is N=C(N)N1CCC[C@H]1c1nc(-c2ccc(OCC/C=C/c3ccc(C(F)(F)F)cc3)c(C(F)(F)F)c2)no1. The first-order chi connectivity index (χ1) is 17.9. The number of nitrogens with zero attached hydrogens (tertiary/aromatic N) is 3. The molecule has 38 heavy (non-hydrogen) atoms. The van der Waals surface area contributed by atoms with E-state index in [0.717, 1.165) is 24.6 Å². The van der Waals surface area contributed by atoms with Crippen LogP contribution in [0.1, 0.15) is 47.9 Å². The van der Waals surface area contributed by atoms with Gasteiger partial charge in [0.15, 0.2) is 5.96 Å². The Morgan fingerprint density at radius 3 is 2.50 bits per heavy atom. The Balaban J connectivity index is 1.42. The van der Waals surface area contributed by atoms with Crippen molar-refractivity contribution in [3.63, 3.8) is 0 Å². The van der Waals surface area contributed by atoms with Gasteiger partial charge in [-0.3, -0.25) is 5.41 Å². The van der Waals surface area contributed by atoms with Gasteiger partial charge >= 0.3 is 12.4 Å². The molecule has 2 heterocycles. The zero-order chi connectivity index (χ0) is 27.5. The molecule has 1 aliphatic rings. The summed E-state index contributed by atoms with van der Waals surface area (Å²) in [5.74, 6) is -0.401. The average molecular weight is 539 g/mol. The smallest absolute Gasteiger partial charge is 0.419 e. The number of guanidine groups is 1. The fraction of sp³-hybridized carbons (Fsp3) is 0.320. The van der Waals surface area contributed by atoms with E-state index in [9.17, 15) is 26.3 Å². The van der Waals surface area contributed by atoms with Gasteiger partial charge in [-0.05, 0) is 55.2 Å². The Labute approximate surface area is 213 Å². The fourth-order valence-corrected chi connectivity index (χ4v) is 4.06. The van der Waals surface area contributed by atoms with Crippen LogP contribution >= 0.6 is 0 Å². The molecular weight excluding hydrogens is 516 g/mol. The molecule has 3 aromatic rings. The number of benzene rings is 2. The number of hydrogen-bond donors (Lipinski definition) is 2. The van der Waals surface area contributed by atoms with E-state index in [-0.39, 0.29) is 42.0 Å². The maximum Gasteiger partial charge on any atom is 0.419 e. The summed E-state index contributed by atoms with van der Waals surface area (Å²) in [5, 5.41) is 11.5. The summed E-state index contributed by atoms with van der Waals surface area (Å²) in [6.07, 6.45) is -4.39. The van der Waals surface area contributed by atoms with Crippen molar-refractivity contribution in [2.45, 2.75) is 37.7 Å². The monoisotopic (exact) mass is 539 g/mol. The van der Waals surface area contributed by atoms with Gasteiger partial charge < -0.3 is 19.9 Å². The molecule has 3 N–H and O–H groups in total.